The fourth-order valence-electron chi connectivity index (χ4n) is 4.10. The third-order valence-corrected chi connectivity index (χ3v) is 6.45. The lowest BCUT2D eigenvalue weighted by Gasteiger charge is -2.24. The molecule has 0 aliphatic carbocycles. The molecule has 1 saturated heterocycles. The maximum absolute atomic E-state index is 13.9. The molecule has 1 N–H and O–H groups in total. The first-order chi connectivity index (χ1) is 15.0. The van der Waals surface area contributed by atoms with Crippen molar-refractivity contribution < 1.29 is 23.8 Å². The highest BCUT2D eigenvalue weighted by Crippen LogP contribution is 2.44. The number of Topliss-reactive ketones (excluding diaryl/α,β-unsaturated/α-hetero) is 1. The number of hydrogen-bond acceptors (Lipinski definition) is 5. The van der Waals surface area contributed by atoms with Crippen molar-refractivity contribution >= 4 is 34.5 Å². The summed E-state index contributed by atoms with van der Waals surface area (Å²) < 4.78 is 19.5. The minimum absolute atomic E-state index is 0.00612. The Kier molecular flexibility index (Phi) is 4.82. The number of fused-ring (bicyclic) bond motifs is 1. The molecule has 5 nitrogen and oxygen atoms in total. The molecule has 1 aromatic heterocycles. The lowest BCUT2D eigenvalue weighted by Crippen LogP contribution is -2.29. The molecule has 0 radical (unpaired) electrons. The number of ether oxygens (including phenoxy) is 1. The normalized spacial score (nSPS) is 19.9. The van der Waals surface area contributed by atoms with Crippen LogP contribution >= 0.6 is 11.3 Å². The van der Waals surface area contributed by atoms with Crippen LogP contribution in [0.3, 0.4) is 0 Å². The first kappa shape index (κ1) is 19.5. The van der Waals surface area contributed by atoms with E-state index in [1.54, 1.807) is 30.3 Å². The van der Waals surface area contributed by atoms with E-state index in [0.29, 0.717) is 17.0 Å². The summed E-state index contributed by atoms with van der Waals surface area (Å²) in [5, 5.41) is 13.0. The van der Waals surface area contributed by atoms with E-state index < -0.39 is 23.5 Å². The van der Waals surface area contributed by atoms with Crippen LogP contribution < -0.4 is 9.64 Å². The van der Waals surface area contributed by atoms with Crippen molar-refractivity contribution in [2.45, 2.75) is 18.9 Å². The molecule has 2 aliphatic rings. The number of aliphatic hydroxyl groups is 1. The Labute approximate surface area is 182 Å². The molecule has 5 rings (SSSR count). The van der Waals surface area contributed by atoms with Gasteiger partial charge in [-0.3, -0.25) is 14.5 Å². The highest BCUT2D eigenvalue weighted by molar-refractivity contribution is 7.10. The quantitative estimate of drug-likeness (QED) is 0.363. The number of carbonyl (C=O) groups excluding carboxylic acids is 2. The van der Waals surface area contributed by atoms with Crippen LogP contribution in [0.25, 0.3) is 5.76 Å². The fraction of sp³-hybridized carbons (Fsp3) is 0.167. The average molecular weight is 435 g/mol. The highest BCUT2D eigenvalue weighted by atomic mass is 32.1. The molecule has 1 amide bonds. The monoisotopic (exact) mass is 435 g/mol. The molecular weight excluding hydrogens is 417 g/mol. The molecule has 3 aromatic rings. The van der Waals surface area contributed by atoms with Gasteiger partial charge in [0, 0.05) is 16.1 Å². The number of aliphatic hydroxyl groups excluding tert-OH is 1. The zero-order valence-electron chi connectivity index (χ0n) is 16.4. The Bertz CT molecular complexity index is 1220. The van der Waals surface area contributed by atoms with E-state index >= 15 is 0 Å². The van der Waals surface area contributed by atoms with Gasteiger partial charge in [-0.05, 0) is 66.2 Å². The Balaban J connectivity index is 1.68. The van der Waals surface area contributed by atoms with E-state index in [1.807, 2.05) is 11.4 Å². The summed E-state index contributed by atoms with van der Waals surface area (Å²) in [4.78, 5) is 28.0. The number of amides is 1. The van der Waals surface area contributed by atoms with Crippen LogP contribution in [-0.2, 0) is 16.0 Å². The molecule has 0 spiro atoms. The number of halogens is 1. The maximum Gasteiger partial charge on any atom is 0.300 e. The summed E-state index contributed by atoms with van der Waals surface area (Å²) >= 11 is 1.36. The molecule has 2 aliphatic heterocycles. The molecule has 1 atom stereocenters. The van der Waals surface area contributed by atoms with Gasteiger partial charge in [0.2, 0.25) is 0 Å². The number of benzene rings is 2. The molecule has 31 heavy (non-hydrogen) atoms. The van der Waals surface area contributed by atoms with Crippen LogP contribution in [0.5, 0.6) is 5.75 Å². The van der Waals surface area contributed by atoms with Gasteiger partial charge in [-0.25, -0.2) is 4.39 Å². The maximum atomic E-state index is 13.9. The first-order valence-corrected chi connectivity index (χ1v) is 10.8. The first-order valence-electron chi connectivity index (χ1n) is 9.90. The van der Waals surface area contributed by atoms with Gasteiger partial charge in [-0.15, -0.1) is 11.3 Å². The van der Waals surface area contributed by atoms with E-state index in [1.165, 1.54) is 34.4 Å². The van der Waals surface area contributed by atoms with Crippen LogP contribution in [0.2, 0.25) is 0 Å². The summed E-state index contributed by atoms with van der Waals surface area (Å²) in [5.41, 5.74) is 1.65. The molecule has 0 bridgehead atoms. The van der Waals surface area contributed by atoms with Crippen molar-refractivity contribution in [3.05, 3.63) is 87.4 Å². The number of anilines is 1. The third kappa shape index (κ3) is 3.31. The van der Waals surface area contributed by atoms with E-state index in [9.17, 15) is 19.1 Å². The van der Waals surface area contributed by atoms with E-state index in [4.69, 9.17) is 4.74 Å². The Morgan fingerprint density at radius 3 is 2.77 bits per heavy atom. The van der Waals surface area contributed by atoms with E-state index in [-0.39, 0.29) is 17.0 Å². The van der Waals surface area contributed by atoms with E-state index in [2.05, 4.69) is 0 Å². The lowest BCUT2D eigenvalue weighted by atomic mass is 9.97. The molecule has 7 heteroatoms. The van der Waals surface area contributed by atoms with Crippen molar-refractivity contribution in [1.82, 2.24) is 0 Å². The predicted molar refractivity (Wildman–Crippen MR) is 116 cm³/mol. The van der Waals surface area contributed by atoms with Crippen LogP contribution in [0.4, 0.5) is 10.1 Å². The Morgan fingerprint density at radius 1 is 1.13 bits per heavy atom. The highest BCUT2D eigenvalue weighted by Gasteiger charge is 2.47. The summed E-state index contributed by atoms with van der Waals surface area (Å²) in [6, 6.07) is 13.6. The summed E-state index contributed by atoms with van der Waals surface area (Å²) in [7, 11) is 0. The largest absolute Gasteiger partial charge is 0.507 e. The van der Waals surface area contributed by atoms with Crippen LogP contribution in [0.1, 0.15) is 28.5 Å². The van der Waals surface area contributed by atoms with Crippen LogP contribution in [-0.4, -0.2) is 23.4 Å². The van der Waals surface area contributed by atoms with Crippen molar-refractivity contribution in [3.8, 4) is 5.75 Å². The van der Waals surface area contributed by atoms with Crippen molar-refractivity contribution in [3.63, 3.8) is 0 Å². The Morgan fingerprint density at radius 2 is 2.00 bits per heavy atom. The van der Waals surface area contributed by atoms with Gasteiger partial charge in [0.25, 0.3) is 11.7 Å². The molecular formula is C24H18FNO4S. The zero-order valence-corrected chi connectivity index (χ0v) is 17.2. The second-order valence-corrected chi connectivity index (χ2v) is 8.42. The summed E-state index contributed by atoms with van der Waals surface area (Å²) in [6.45, 7) is 0.648. The minimum Gasteiger partial charge on any atom is -0.507 e. The summed E-state index contributed by atoms with van der Waals surface area (Å²) in [6.07, 6.45) is 1.68. The molecule has 2 aromatic carbocycles. The zero-order chi connectivity index (χ0) is 21.5. The van der Waals surface area contributed by atoms with Gasteiger partial charge >= 0.3 is 0 Å². The van der Waals surface area contributed by atoms with Gasteiger partial charge in [-0.1, -0.05) is 12.1 Å². The smallest absolute Gasteiger partial charge is 0.300 e. The molecule has 0 saturated carbocycles. The SMILES string of the molecule is O=C1C(=O)N(c2cccc(F)c2)C(c2cccs2)/C1=C(/O)c1ccc2c(c1)CCCO2. The standard InChI is InChI=1S/C24H18FNO4S/c25-16-5-1-6-17(13-16)26-21(19-7-3-11-31-19)20(23(28)24(26)29)22(27)15-8-9-18-14(12-15)4-2-10-30-18/h1,3,5-9,11-13,21,27H,2,4,10H2/b22-20-. The number of thiophene rings is 1. The second kappa shape index (κ2) is 7.67. The second-order valence-electron chi connectivity index (χ2n) is 7.44. The lowest BCUT2D eigenvalue weighted by molar-refractivity contribution is -0.132. The number of aryl methyl sites for hydroxylation is 1. The third-order valence-electron chi connectivity index (χ3n) is 5.53. The van der Waals surface area contributed by atoms with Crippen LogP contribution in [0, 0.1) is 5.82 Å². The molecule has 3 heterocycles. The number of carbonyl (C=O) groups is 2. The van der Waals surface area contributed by atoms with Gasteiger partial charge in [0.05, 0.1) is 12.2 Å². The van der Waals surface area contributed by atoms with E-state index in [0.717, 1.165) is 24.2 Å². The van der Waals surface area contributed by atoms with Crippen LogP contribution in [0.15, 0.2) is 65.6 Å². The molecule has 156 valence electrons. The number of nitrogens with zero attached hydrogens (tertiary/aromatic N) is 1. The topological polar surface area (TPSA) is 66.8 Å². The number of hydrogen-bond donors (Lipinski definition) is 1. The van der Waals surface area contributed by atoms with Crippen molar-refractivity contribution in [2.75, 3.05) is 11.5 Å². The minimum atomic E-state index is -0.839. The van der Waals surface area contributed by atoms with Gasteiger partial charge in [0.15, 0.2) is 0 Å². The van der Waals surface area contributed by atoms with Gasteiger partial charge in [-0.2, -0.15) is 0 Å². The average Bonchev–Trinajstić information content (AvgIpc) is 3.40. The Hall–Kier alpha value is -3.45. The molecule has 1 unspecified atom stereocenters. The summed E-state index contributed by atoms with van der Waals surface area (Å²) in [5.74, 6) is -1.60. The predicted octanol–water partition coefficient (Wildman–Crippen LogP) is 4.84. The van der Waals surface area contributed by atoms with Crippen molar-refractivity contribution in [1.29, 1.82) is 0 Å². The number of ketones is 1. The molecule has 1 fully saturated rings. The van der Waals surface area contributed by atoms with Gasteiger partial charge < -0.3 is 9.84 Å². The fourth-order valence-corrected chi connectivity index (χ4v) is 4.93. The van der Waals surface area contributed by atoms with Gasteiger partial charge in [0.1, 0.15) is 23.4 Å². The number of rotatable bonds is 3. The van der Waals surface area contributed by atoms with Crippen molar-refractivity contribution in [2.24, 2.45) is 0 Å².